The van der Waals surface area contributed by atoms with Crippen molar-refractivity contribution in [1.29, 1.82) is 0 Å². The summed E-state index contributed by atoms with van der Waals surface area (Å²) in [5.74, 6) is -1.07. The molecule has 0 spiro atoms. The average molecular weight is 348 g/mol. The zero-order valence-corrected chi connectivity index (χ0v) is 13.5. The Kier molecular flexibility index (Phi) is 8.01. The van der Waals surface area contributed by atoms with Gasteiger partial charge in [0.25, 0.3) is 0 Å². The van der Waals surface area contributed by atoms with E-state index < -0.39 is 18.0 Å². The largest absolute Gasteiger partial charge is 0.480 e. The van der Waals surface area contributed by atoms with E-state index in [1.54, 1.807) is 18.2 Å². The molecule has 0 aliphatic carbocycles. The first-order valence-corrected chi connectivity index (χ1v) is 7.60. The highest BCUT2D eigenvalue weighted by molar-refractivity contribution is 6.42. The van der Waals surface area contributed by atoms with Gasteiger partial charge in [0.05, 0.1) is 10.0 Å². The van der Waals surface area contributed by atoms with Crippen LogP contribution in [0.3, 0.4) is 0 Å². The number of benzene rings is 1. The van der Waals surface area contributed by atoms with Crippen LogP contribution in [-0.4, -0.2) is 29.7 Å². The standard InChI is InChI=1S/C14H19Cl2N3O3/c15-10-5-4-9(7-11(10)16)8-18-14(22)19-12(13(20)21)3-1-2-6-17/h4-5,7,12H,1-3,6,8,17H2,(H,20,21)(H2,18,19,22)/t12-/m0/s1. The molecule has 0 unspecified atom stereocenters. The summed E-state index contributed by atoms with van der Waals surface area (Å²) < 4.78 is 0. The molecule has 1 atom stereocenters. The van der Waals surface area contributed by atoms with Crippen molar-refractivity contribution in [2.45, 2.75) is 31.8 Å². The molecule has 1 aromatic rings. The monoisotopic (exact) mass is 347 g/mol. The second kappa shape index (κ2) is 9.50. The van der Waals surface area contributed by atoms with E-state index in [2.05, 4.69) is 10.6 Å². The molecule has 2 amide bonds. The molecule has 0 radical (unpaired) electrons. The number of carbonyl (C=O) groups excluding carboxylic acids is 1. The lowest BCUT2D eigenvalue weighted by Crippen LogP contribution is -2.45. The van der Waals surface area contributed by atoms with Gasteiger partial charge in [-0.05, 0) is 43.5 Å². The normalized spacial score (nSPS) is 11.8. The maximum absolute atomic E-state index is 11.7. The van der Waals surface area contributed by atoms with Crippen molar-refractivity contribution in [2.24, 2.45) is 5.73 Å². The predicted molar refractivity (Wildman–Crippen MR) is 86.2 cm³/mol. The van der Waals surface area contributed by atoms with Crippen molar-refractivity contribution in [3.8, 4) is 0 Å². The summed E-state index contributed by atoms with van der Waals surface area (Å²) in [6, 6.07) is 3.52. The van der Waals surface area contributed by atoms with Crippen LogP contribution < -0.4 is 16.4 Å². The molecule has 0 heterocycles. The van der Waals surface area contributed by atoms with Crippen LogP contribution >= 0.6 is 23.2 Å². The summed E-state index contributed by atoms with van der Waals surface area (Å²) in [5.41, 5.74) is 6.12. The lowest BCUT2D eigenvalue weighted by Gasteiger charge is -2.15. The Balaban J connectivity index is 2.45. The Morgan fingerprint density at radius 2 is 1.95 bits per heavy atom. The third-order valence-corrected chi connectivity index (χ3v) is 3.73. The van der Waals surface area contributed by atoms with Crippen molar-refractivity contribution in [3.05, 3.63) is 33.8 Å². The van der Waals surface area contributed by atoms with Crippen molar-refractivity contribution in [1.82, 2.24) is 10.6 Å². The third-order valence-electron chi connectivity index (χ3n) is 2.99. The number of hydrogen-bond donors (Lipinski definition) is 4. The molecule has 0 saturated carbocycles. The first-order valence-electron chi connectivity index (χ1n) is 6.85. The number of halogens is 2. The van der Waals surface area contributed by atoms with Gasteiger partial charge in [0.1, 0.15) is 6.04 Å². The molecule has 0 saturated heterocycles. The Hall–Kier alpha value is -1.50. The number of amides is 2. The van der Waals surface area contributed by atoms with Crippen LogP contribution in [0.5, 0.6) is 0 Å². The summed E-state index contributed by atoms with van der Waals surface area (Å²) in [4.78, 5) is 22.8. The maximum Gasteiger partial charge on any atom is 0.326 e. The molecule has 0 aliphatic rings. The van der Waals surface area contributed by atoms with Crippen LogP contribution in [0.25, 0.3) is 0 Å². The quantitative estimate of drug-likeness (QED) is 0.541. The van der Waals surface area contributed by atoms with Gasteiger partial charge in [0, 0.05) is 6.54 Å². The lowest BCUT2D eigenvalue weighted by molar-refractivity contribution is -0.139. The number of hydrogen-bond acceptors (Lipinski definition) is 3. The number of urea groups is 1. The minimum absolute atomic E-state index is 0.220. The number of unbranched alkanes of at least 4 members (excludes halogenated alkanes) is 1. The smallest absolute Gasteiger partial charge is 0.326 e. The summed E-state index contributed by atoms with van der Waals surface area (Å²) in [6.45, 7) is 0.716. The molecule has 0 bridgehead atoms. The summed E-state index contributed by atoms with van der Waals surface area (Å²) in [6.07, 6.45) is 1.70. The van der Waals surface area contributed by atoms with E-state index in [0.29, 0.717) is 29.4 Å². The fourth-order valence-electron chi connectivity index (χ4n) is 1.79. The van der Waals surface area contributed by atoms with E-state index >= 15 is 0 Å². The van der Waals surface area contributed by atoms with Crippen molar-refractivity contribution >= 4 is 35.2 Å². The molecule has 5 N–H and O–H groups in total. The van der Waals surface area contributed by atoms with Crippen LogP contribution in [0.2, 0.25) is 10.0 Å². The fraction of sp³-hybridized carbons (Fsp3) is 0.429. The van der Waals surface area contributed by atoms with Crippen molar-refractivity contribution in [3.63, 3.8) is 0 Å². The minimum atomic E-state index is -1.07. The first kappa shape index (κ1) is 18.5. The van der Waals surface area contributed by atoms with Gasteiger partial charge in [-0.25, -0.2) is 9.59 Å². The second-order valence-electron chi connectivity index (χ2n) is 4.75. The van der Waals surface area contributed by atoms with E-state index in [9.17, 15) is 9.59 Å². The predicted octanol–water partition coefficient (Wildman–Crippen LogP) is 2.37. The molecular weight excluding hydrogens is 329 g/mol. The Bertz CT molecular complexity index is 526. The minimum Gasteiger partial charge on any atom is -0.480 e. The SMILES string of the molecule is NCCCC[C@H](NC(=O)NCc1ccc(Cl)c(Cl)c1)C(=O)O. The highest BCUT2D eigenvalue weighted by Crippen LogP contribution is 2.22. The number of carboxylic acid groups (broad SMARTS) is 1. The van der Waals surface area contributed by atoms with E-state index in [1.165, 1.54) is 0 Å². The maximum atomic E-state index is 11.7. The van der Waals surface area contributed by atoms with Gasteiger partial charge >= 0.3 is 12.0 Å². The number of nitrogens with one attached hydrogen (secondary N) is 2. The summed E-state index contributed by atoms with van der Waals surface area (Å²) in [5, 5.41) is 14.9. The molecule has 22 heavy (non-hydrogen) atoms. The van der Waals surface area contributed by atoms with Crippen molar-refractivity contribution < 1.29 is 14.7 Å². The zero-order chi connectivity index (χ0) is 16.5. The van der Waals surface area contributed by atoms with Crippen molar-refractivity contribution in [2.75, 3.05) is 6.54 Å². The van der Waals surface area contributed by atoms with Gasteiger partial charge in [0.15, 0.2) is 0 Å². The molecule has 0 fully saturated rings. The van der Waals surface area contributed by atoms with E-state index in [-0.39, 0.29) is 6.54 Å². The summed E-state index contributed by atoms with van der Waals surface area (Å²) >= 11 is 11.7. The number of aliphatic carboxylic acids is 1. The van der Waals surface area contributed by atoms with E-state index in [4.69, 9.17) is 34.0 Å². The Morgan fingerprint density at radius 3 is 2.55 bits per heavy atom. The lowest BCUT2D eigenvalue weighted by atomic mass is 10.1. The highest BCUT2D eigenvalue weighted by atomic mass is 35.5. The highest BCUT2D eigenvalue weighted by Gasteiger charge is 2.19. The molecule has 1 aromatic carbocycles. The van der Waals surface area contributed by atoms with E-state index in [1.807, 2.05) is 0 Å². The Labute approximate surface area is 139 Å². The van der Waals surface area contributed by atoms with Gasteiger partial charge in [0.2, 0.25) is 0 Å². The van der Waals surface area contributed by atoms with Gasteiger partial charge in [-0.15, -0.1) is 0 Å². The number of carboxylic acids is 1. The van der Waals surface area contributed by atoms with Gasteiger partial charge < -0.3 is 21.5 Å². The van der Waals surface area contributed by atoms with Crippen LogP contribution in [0.4, 0.5) is 4.79 Å². The van der Waals surface area contributed by atoms with Crippen LogP contribution in [0.15, 0.2) is 18.2 Å². The van der Waals surface area contributed by atoms with Gasteiger partial charge in [-0.3, -0.25) is 0 Å². The number of rotatable bonds is 8. The molecule has 1 rings (SSSR count). The fourth-order valence-corrected chi connectivity index (χ4v) is 2.11. The third kappa shape index (κ3) is 6.51. The van der Waals surface area contributed by atoms with Gasteiger partial charge in [-0.1, -0.05) is 29.3 Å². The molecular formula is C14H19Cl2N3O3. The zero-order valence-electron chi connectivity index (χ0n) is 11.9. The molecule has 0 aliphatic heterocycles. The Morgan fingerprint density at radius 1 is 1.23 bits per heavy atom. The number of nitrogens with two attached hydrogens (primary N) is 1. The second-order valence-corrected chi connectivity index (χ2v) is 5.57. The van der Waals surface area contributed by atoms with Crippen LogP contribution in [0, 0.1) is 0 Å². The molecule has 122 valence electrons. The first-order chi connectivity index (χ1) is 10.4. The molecule has 6 nitrogen and oxygen atoms in total. The summed E-state index contributed by atoms with van der Waals surface area (Å²) in [7, 11) is 0. The van der Waals surface area contributed by atoms with Crippen LogP contribution in [0.1, 0.15) is 24.8 Å². The molecule has 0 aromatic heterocycles. The average Bonchev–Trinajstić information content (AvgIpc) is 2.47. The molecule has 8 heteroatoms. The van der Waals surface area contributed by atoms with E-state index in [0.717, 1.165) is 12.0 Å². The van der Waals surface area contributed by atoms with Crippen LogP contribution in [-0.2, 0) is 11.3 Å². The number of carbonyl (C=O) groups is 2. The topological polar surface area (TPSA) is 104 Å². The van der Waals surface area contributed by atoms with Gasteiger partial charge in [-0.2, -0.15) is 0 Å².